The summed E-state index contributed by atoms with van der Waals surface area (Å²) in [4.78, 5) is 23.3. The van der Waals surface area contributed by atoms with Gasteiger partial charge < -0.3 is 21.1 Å². The summed E-state index contributed by atoms with van der Waals surface area (Å²) >= 11 is 0. The zero-order valence-electron chi connectivity index (χ0n) is 14.6. The van der Waals surface area contributed by atoms with Crippen LogP contribution in [0.5, 0.6) is 5.75 Å². The molecule has 0 aromatic heterocycles. The van der Waals surface area contributed by atoms with Gasteiger partial charge in [-0.1, -0.05) is 25.5 Å². The topological polar surface area (TPSA) is 93.5 Å². The van der Waals surface area contributed by atoms with Crippen molar-refractivity contribution >= 4 is 24.2 Å². The molecule has 25 heavy (non-hydrogen) atoms. The van der Waals surface area contributed by atoms with Gasteiger partial charge in [0.1, 0.15) is 5.75 Å². The lowest BCUT2D eigenvalue weighted by Gasteiger charge is -2.11. The standard InChI is InChI=1S/C18H27N3O3.ClH/c1-2-3-16(19)18(23)20-11-10-13-4-8-15(9-5-13)24-12-17(22)21-14-6-7-14;/h4-5,8-9,14,16H,2-3,6-7,10-12,19H2,1H3,(H,20,23)(H,21,22);1H. The van der Waals surface area contributed by atoms with Crippen molar-refractivity contribution in [1.29, 1.82) is 0 Å². The molecule has 0 saturated heterocycles. The predicted octanol–water partition coefficient (Wildman–Crippen LogP) is 1.55. The van der Waals surface area contributed by atoms with Crippen LogP contribution >= 0.6 is 12.4 Å². The van der Waals surface area contributed by atoms with Crippen LogP contribution in [0.15, 0.2) is 24.3 Å². The molecule has 2 rings (SSSR count). The van der Waals surface area contributed by atoms with Crippen LogP contribution in [0, 0.1) is 0 Å². The molecular formula is C18H28ClN3O3. The molecule has 7 heteroatoms. The molecule has 0 heterocycles. The van der Waals surface area contributed by atoms with E-state index < -0.39 is 6.04 Å². The Hall–Kier alpha value is -1.79. The van der Waals surface area contributed by atoms with Crippen LogP contribution in [0.4, 0.5) is 0 Å². The molecule has 1 fully saturated rings. The van der Waals surface area contributed by atoms with Gasteiger partial charge in [0.2, 0.25) is 5.91 Å². The molecule has 0 bridgehead atoms. The van der Waals surface area contributed by atoms with E-state index >= 15 is 0 Å². The van der Waals surface area contributed by atoms with E-state index in [9.17, 15) is 9.59 Å². The molecule has 1 atom stereocenters. The van der Waals surface area contributed by atoms with Crippen molar-refractivity contribution in [3.8, 4) is 5.75 Å². The zero-order valence-corrected chi connectivity index (χ0v) is 15.4. The second-order valence-corrected chi connectivity index (χ2v) is 6.21. The van der Waals surface area contributed by atoms with Crippen LogP contribution in [0.1, 0.15) is 38.2 Å². The first-order chi connectivity index (χ1) is 11.6. The summed E-state index contributed by atoms with van der Waals surface area (Å²) in [5, 5.41) is 5.72. The van der Waals surface area contributed by atoms with Crippen molar-refractivity contribution in [2.24, 2.45) is 5.73 Å². The van der Waals surface area contributed by atoms with Crippen molar-refractivity contribution < 1.29 is 14.3 Å². The van der Waals surface area contributed by atoms with Gasteiger partial charge in [0.15, 0.2) is 6.61 Å². The highest BCUT2D eigenvalue weighted by Gasteiger charge is 2.23. The number of nitrogens with one attached hydrogen (secondary N) is 2. The summed E-state index contributed by atoms with van der Waals surface area (Å²) in [6.45, 7) is 2.60. The van der Waals surface area contributed by atoms with Gasteiger partial charge in [0, 0.05) is 12.6 Å². The number of halogens is 1. The van der Waals surface area contributed by atoms with E-state index in [1.165, 1.54) is 0 Å². The lowest BCUT2D eigenvalue weighted by molar-refractivity contribution is -0.123. The van der Waals surface area contributed by atoms with Crippen LogP contribution in [0.2, 0.25) is 0 Å². The zero-order chi connectivity index (χ0) is 17.4. The highest BCUT2D eigenvalue weighted by atomic mass is 35.5. The van der Waals surface area contributed by atoms with Crippen LogP contribution < -0.4 is 21.1 Å². The fourth-order valence-electron chi connectivity index (χ4n) is 2.30. The fraction of sp³-hybridized carbons (Fsp3) is 0.556. The van der Waals surface area contributed by atoms with E-state index in [2.05, 4.69) is 10.6 Å². The van der Waals surface area contributed by atoms with Crippen molar-refractivity contribution in [3.63, 3.8) is 0 Å². The first-order valence-electron chi connectivity index (χ1n) is 8.63. The predicted molar refractivity (Wildman–Crippen MR) is 99.9 cm³/mol. The van der Waals surface area contributed by atoms with E-state index in [1.807, 2.05) is 31.2 Å². The molecule has 0 aliphatic heterocycles. The Bertz CT molecular complexity index is 547. The summed E-state index contributed by atoms with van der Waals surface area (Å²) in [6, 6.07) is 7.48. The smallest absolute Gasteiger partial charge is 0.258 e. The maximum Gasteiger partial charge on any atom is 0.258 e. The third-order valence-electron chi connectivity index (χ3n) is 3.89. The monoisotopic (exact) mass is 369 g/mol. The minimum atomic E-state index is -0.424. The molecule has 0 radical (unpaired) electrons. The number of benzene rings is 1. The molecule has 4 N–H and O–H groups in total. The summed E-state index contributed by atoms with van der Waals surface area (Å²) in [6.07, 6.45) is 4.47. The van der Waals surface area contributed by atoms with E-state index in [0.717, 1.165) is 31.2 Å². The number of hydrogen-bond donors (Lipinski definition) is 3. The maximum absolute atomic E-state index is 11.7. The van der Waals surface area contributed by atoms with Crippen molar-refractivity contribution in [1.82, 2.24) is 10.6 Å². The maximum atomic E-state index is 11.7. The molecule has 1 unspecified atom stereocenters. The van der Waals surface area contributed by atoms with E-state index in [-0.39, 0.29) is 30.8 Å². The normalized spacial score (nSPS) is 14.2. The molecule has 6 nitrogen and oxygen atoms in total. The Morgan fingerprint density at radius 1 is 1.28 bits per heavy atom. The molecular weight excluding hydrogens is 342 g/mol. The molecule has 1 aliphatic rings. The lowest BCUT2D eigenvalue weighted by atomic mass is 10.1. The number of amides is 2. The van der Waals surface area contributed by atoms with Crippen LogP contribution in [-0.2, 0) is 16.0 Å². The van der Waals surface area contributed by atoms with Crippen molar-refractivity contribution in [3.05, 3.63) is 29.8 Å². The Labute approximate surface area is 155 Å². The largest absolute Gasteiger partial charge is 0.484 e. The van der Waals surface area contributed by atoms with Gasteiger partial charge in [-0.15, -0.1) is 12.4 Å². The SMILES string of the molecule is CCCC(N)C(=O)NCCc1ccc(OCC(=O)NC2CC2)cc1.Cl. The quantitative estimate of drug-likeness (QED) is 0.583. The first kappa shape index (κ1) is 21.3. The highest BCUT2D eigenvalue weighted by molar-refractivity contribution is 5.85. The van der Waals surface area contributed by atoms with Gasteiger partial charge in [-0.3, -0.25) is 9.59 Å². The Morgan fingerprint density at radius 3 is 2.56 bits per heavy atom. The van der Waals surface area contributed by atoms with E-state index in [4.69, 9.17) is 10.5 Å². The lowest BCUT2D eigenvalue weighted by Crippen LogP contribution is -2.41. The summed E-state index contributed by atoms with van der Waals surface area (Å²) < 4.78 is 5.45. The second-order valence-electron chi connectivity index (χ2n) is 6.21. The number of ether oxygens (including phenoxy) is 1. The van der Waals surface area contributed by atoms with Gasteiger partial charge >= 0.3 is 0 Å². The number of carbonyl (C=O) groups excluding carboxylic acids is 2. The highest BCUT2D eigenvalue weighted by Crippen LogP contribution is 2.18. The molecule has 0 spiro atoms. The van der Waals surface area contributed by atoms with Gasteiger partial charge in [-0.05, 0) is 43.4 Å². The number of nitrogens with two attached hydrogens (primary N) is 1. The average Bonchev–Trinajstić information content (AvgIpc) is 3.38. The fourth-order valence-corrected chi connectivity index (χ4v) is 2.30. The summed E-state index contributed by atoms with van der Waals surface area (Å²) in [7, 11) is 0. The molecule has 1 saturated carbocycles. The number of hydrogen-bond acceptors (Lipinski definition) is 4. The average molecular weight is 370 g/mol. The first-order valence-corrected chi connectivity index (χ1v) is 8.63. The number of carbonyl (C=O) groups is 2. The van der Waals surface area contributed by atoms with Crippen molar-refractivity contribution in [2.75, 3.05) is 13.2 Å². The molecule has 140 valence electrons. The van der Waals surface area contributed by atoms with Crippen LogP contribution in [0.25, 0.3) is 0 Å². The number of rotatable bonds is 10. The molecule has 2 amide bonds. The van der Waals surface area contributed by atoms with Crippen LogP contribution in [0.3, 0.4) is 0 Å². The van der Waals surface area contributed by atoms with E-state index in [1.54, 1.807) is 0 Å². The van der Waals surface area contributed by atoms with Gasteiger partial charge in [0.25, 0.3) is 5.91 Å². The van der Waals surface area contributed by atoms with E-state index in [0.29, 0.717) is 24.8 Å². The Morgan fingerprint density at radius 2 is 1.96 bits per heavy atom. The van der Waals surface area contributed by atoms with Gasteiger partial charge in [-0.25, -0.2) is 0 Å². The molecule has 1 aliphatic carbocycles. The molecule has 1 aromatic carbocycles. The van der Waals surface area contributed by atoms with Crippen molar-refractivity contribution in [2.45, 2.75) is 51.1 Å². The van der Waals surface area contributed by atoms with Gasteiger partial charge in [-0.2, -0.15) is 0 Å². The second kappa shape index (κ2) is 10.9. The third-order valence-corrected chi connectivity index (χ3v) is 3.89. The van der Waals surface area contributed by atoms with Gasteiger partial charge in [0.05, 0.1) is 6.04 Å². The minimum Gasteiger partial charge on any atom is -0.484 e. The Balaban J connectivity index is 0.00000312. The van der Waals surface area contributed by atoms with Crippen LogP contribution in [-0.4, -0.2) is 37.0 Å². The summed E-state index contributed by atoms with van der Waals surface area (Å²) in [5.41, 5.74) is 6.85. The summed E-state index contributed by atoms with van der Waals surface area (Å²) in [5.74, 6) is 0.491. The minimum absolute atomic E-state index is 0. The molecule has 1 aromatic rings. The Kier molecular flexibility index (Phi) is 9.31. The third kappa shape index (κ3) is 8.23.